The summed E-state index contributed by atoms with van der Waals surface area (Å²) >= 11 is 1.71. The zero-order valence-corrected chi connectivity index (χ0v) is 10.8. The van der Waals surface area contributed by atoms with Crippen molar-refractivity contribution in [1.29, 1.82) is 0 Å². The van der Waals surface area contributed by atoms with Crippen molar-refractivity contribution in [1.82, 2.24) is 10.2 Å². The zero-order valence-electron chi connectivity index (χ0n) is 9.95. The maximum atomic E-state index is 11.6. The van der Waals surface area contributed by atoms with Crippen LogP contribution in [-0.2, 0) is 4.79 Å². The van der Waals surface area contributed by atoms with Gasteiger partial charge in [-0.15, -0.1) is 11.8 Å². The summed E-state index contributed by atoms with van der Waals surface area (Å²) in [6, 6.07) is 0.404. The third kappa shape index (κ3) is 5.42. The van der Waals surface area contributed by atoms with E-state index in [-0.39, 0.29) is 5.91 Å². The molecule has 0 aromatic rings. The van der Waals surface area contributed by atoms with E-state index in [0.717, 1.165) is 25.9 Å². The number of nitrogens with zero attached hydrogens (tertiary/aromatic N) is 1. The summed E-state index contributed by atoms with van der Waals surface area (Å²) in [7, 11) is 2.13. The first-order valence-electron chi connectivity index (χ1n) is 5.67. The topological polar surface area (TPSA) is 32.3 Å². The summed E-state index contributed by atoms with van der Waals surface area (Å²) in [5.74, 6) is 0.799. The van der Waals surface area contributed by atoms with Crippen LogP contribution in [0, 0.1) is 0 Å². The van der Waals surface area contributed by atoms with Gasteiger partial charge in [-0.2, -0.15) is 0 Å². The van der Waals surface area contributed by atoms with Gasteiger partial charge < -0.3 is 10.2 Å². The van der Waals surface area contributed by atoms with Crippen LogP contribution in [0.5, 0.6) is 0 Å². The third-order valence-electron chi connectivity index (χ3n) is 2.63. The molecule has 0 aliphatic carbocycles. The molecule has 88 valence electrons. The van der Waals surface area contributed by atoms with E-state index < -0.39 is 0 Å². The van der Waals surface area contributed by atoms with E-state index >= 15 is 0 Å². The van der Waals surface area contributed by atoms with Gasteiger partial charge in [0.15, 0.2) is 0 Å². The Bertz CT molecular complexity index is 201. The van der Waals surface area contributed by atoms with E-state index in [1.165, 1.54) is 0 Å². The number of carbonyl (C=O) groups excluding carboxylic acids is 1. The average molecular weight is 230 g/mol. The third-order valence-corrected chi connectivity index (χ3v) is 3.73. The Balaban J connectivity index is 2.15. The Hall–Kier alpha value is -0.220. The number of piperidine rings is 1. The molecule has 0 unspecified atom stereocenters. The standard InChI is InChI=1S/C11H22N2OS/c1-9(2)15-8-11(14)12-10-4-6-13(3)7-5-10/h9-10H,4-8H2,1-3H3,(H,12,14). The van der Waals surface area contributed by atoms with E-state index in [9.17, 15) is 4.79 Å². The molecule has 1 aliphatic heterocycles. The highest BCUT2D eigenvalue weighted by Crippen LogP contribution is 2.11. The van der Waals surface area contributed by atoms with Crippen molar-refractivity contribution in [2.75, 3.05) is 25.9 Å². The maximum absolute atomic E-state index is 11.6. The summed E-state index contributed by atoms with van der Waals surface area (Å²) in [6.45, 7) is 6.44. The average Bonchev–Trinajstić information content (AvgIpc) is 2.19. The molecule has 0 aromatic carbocycles. The van der Waals surface area contributed by atoms with Crippen LogP contribution in [0.25, 0.3) is 0 Å². The van der Waals surface area contributed by atoms with Crippen molar-refractivity contribution < 1.29 is 4.79 Å². The number of rotatable bonds is 4. The number of thioether (sulfide) groups is 1. The van der Waals surface area contributed by atoms with Crippen molar-refractivity contribution in [3.63, 3.8) is 0 Å². The van der Waals surface area contributed by atoms with Crippen LogP contribution in [0.15, 0.2) is 0 Å². The molecule has 3 nitrogen and oxygen atoms in total. The lowest BCUT2D eigenvalue weighted by atomic mass is 10.1. The van der Waals surface area contributed by atoms with Gasteiger partial charge >= 0.3 is 0 Å². The lowest BCUT2D eigenvalue weighted by Gasteiger charge is -2.29. The molecule has 0 spiro atoms. The summed E-state index contributed by atoms with van der Waals surface area (Å²) in [6.07, 6.45) is 2.18. The van der Waals surface area contributed by atoms with E-state index in [4.69, 9.17) is 0 Å². The highest BCUT2D eigenvalue weighted by molar-refractivity contribution is 8.00. The second-order valence-electron chi connectivity index (χ2n) is 4.50. The molecular weight excluding hydrogens is 208 g/mol. The predicted molar refractivity (Wildman–Crippen MR) is 66.3 cm³/mol. The Morgan fingerprint density at radius 3 is 2.60 bits per heavy atom. The summed E-state index contributed by atoms with van der Waals surface area (Å²) in [5, 5.41) is 3.64. The number of carbonyl (C=O) groups is 1. The van der Waals surface area contributed by atoms with Crippen molar-refractivity contribution in [3.8, 4) is 0 Å². The molecule has 0 atom stereocenters. The quantitative estimate of drug-likeness (QED) is 0.791. The summed E-state index contributed by atoms with van der Waals surface area (Å²) < 4.78 is 0. The molecular formula is C11H22N2OS. The van der Waals surface area contributed by atoms with E-state index in [1.54, 1.807) is 11.8 Å². The molecule has 1 heterocycles. The molecule has 1 aliphatic rings. The highest BCUT2D eigenvalue weighted by atomic mass is 32.2. The number of hydrogen-bond acceptors (Lipinski definition) is 3. The van der Waals surface area contributed by atoms with E-state index in [0.29, 0.717) is 17.0 Å². The first kappa shape index (κ1) is 12.8. The molecule has 15 heavy (non-hydrogen) atoms. The van der Waals surface area contributed by atoms with Gasteiger partial charge in [0.25, 0.3) is 0 Å². The van der Waals surface area contributed by atoms with Crippen LogP contribution in [0.1, 0.15) is 26.7 Å². The fourth-order valence-corrected chi connectivity index (χ4v) is 2.23. The highest BCUT2D eigenvalue weighted by Gasteiger charge is 2.18. The number of amides is 1. The molecule has 1 amide bonds. The molecule has 1 N–H and O–H groups in total. The Labute approximate surface area is 97.0 Å². The molecule has 0 radical (unpaired) electrons. The van der Waals surface area contributed by atoms with Crippen molar-refractivity contribution in [2.24, 2.45) is 0 Å². The van der Waals surface area contributed by atoms with Crippen LogP contribution >= 0.6 is 11.8 Å². The molecule has 0 aromatic heterocycles. The monoisotopic (exact) mass is 230 g/mol. The fourth-order valence-electron chi connectivity index (χ4n) is 1.66. The smallest absolute Gasteiger partial charge is 0.230 e. The number of nitrogens with one attached hydrogen (secondary N) is 1. The normalized spacial score (nSPS) is 19.5. The fraction of sp³-hybridized carbons (Fsp3) is 0.909. The lowest BCUT2D eigenvalue weighted by Crippen LogP contribution is -2.44. The Morgan fingerprint density at radius 1 is 1.47 bits per heavy atom. The second-order valence-corrected chi connectivity index (χ2v) is 6.07. The van der Waals surface area contributed by atoms with Gasteiger partial charge in [0, 0.05) is 6.04 Å². The van der Waals surface area contributed by atoms with Crippen LogP contribution in [-0.4, -0.2) is 48.0 Å². The predicted octanol–water partition coefficient (Wildman–Crippen LogP) is 1.34. The van der Waals surface area contributed by atoms with Crippen molar-refractivity contribution in [2.45, 2.75) is 38.0 Å². The SMILES string of the molecule is CC(C)SCC(=O)NC1CCN(C)CC1. The van der Waals surface area contributed by atoms with Gasteiger partial charge in [0.05, 0.1) is 5.75 Å². The largest absolute Gasteiger partial charge is 0.353 e. The van der Waals surface area contributed by atoms with E-state index in [2.05, 4.69) is 31.1 Å². The van der Waals surface area contributed by atoms with Crippen molar-refractivity contribution >= 4 is 17.7 Å². The van der Waals surface area contributed by atoms with Gasteiger partial charge in [0.1, 0.15) is 0 Å². The Kier molecular flexibility index (Phi) is 5.47. The molecule has 0 saturated carbocycles. The van der Waals surface area contributed by atoms with Crippen LogP contribution in [0.4, 0.5) is 0 Å². The van der Waals surface area contributed by atoms with Gasteiger partial charge in [-0.1, -0.05) is 13.8 Å². The molecule has 1 saturated heterocycles. The van der Waals surface area contributed by atoms with Gasteiger partial charge in [-0.3, -0.25) is 4.79 Å². The second kappa shape index (κ2) is 6.38. The molecule has 1 rings (SSSR count). The van der Waals surface area contributed by atoms with Gasteiger partial charge in [0.2, 0.25) is 5.91 Å². The minimum atomic E-state index is 0.197. The summed E-state index contributed by atoms with van der Waals surface area (Å²) in [5.41, 5.74) is 0. The first-order chi connectivity index (χ1) is 7.08. The molecule has 0 bridgehead atoms. The minimum absolute atomic E-state index is 0.197. The van der Waals surface area contributed by atoms with Crippen LogP contribution in [0.2, 0.25) is 0 Å². The first-order valence-corrected chi connectivity index (χ1v) is 6.72. The van der Waals surface area contributed by atoms with Gasteiger partial charge in [-0.05, 0) is 38.2 Å². The minimum Gasteiger partial charge on any atom is -0.353 e. The molecule has 4 heteroatoms. The lowest BCUT2D eigenvalue weighted by molar-refractivity contribution is -0.119. The van der Waals surface area contributed by atoms with Crippen LogP contribution in [0.3, 0.4) is 0 Å². The van der Waals surface area contributed by atoms with E-state index in [1.807, 2.05) is 0 Å². The number of hydrogen-bond donors (Lipinski definition) is 1. The zero-order chi connectivity index (χ0) is 11.3. The van der Waals surface area contributed by atoms with Gasteiger partial charge in [-0.25, -0.2) is 0 Å². The Morgan fingerprint density at radius 2 is 2.07 bits per heavy atom. The summed E-state index contributed by atoms with van der Waals surface area (Å²) in [4.78, 5) is 13.9. The number of likely N-dealkylation sites (tertiary alicyclic amines) is 1. The molecule has 1 fully saturated rings. The van der Waals surface area contributed by atoms with Crippen LogP contribution < -0.4 is 5.32 Å². The van der Waals surface area contributed by atoms with Crippen molar-refractivity contribution in [3.05, 3.63) is 0 Å². The maximum Gasteiger partial charge on any atom is 0.230 e.